The smallest absolute Gasteiger partial charge is 0.134 e. The van der Waals surface area contributed by atoms with Crippen LogP contribution in [0.1, 0.15) is 22.5 Å². The molecule has 1 aromatic heterocycles. The van der Waals surface area contributed by atoms with Crippen molar-refractivity contribution in [3.8, 4) is 0 Å². The number of hydrogen-bond donors (Lipinski definition) is 2. The average molecular weight is 281 g/mol. The van der Waals surface area contributed by atoms with Gasteiger partial charge >= 0.3 is 0 Å². The monoisotopic (exact) mass is 281 g/mol. The van der Waals surface area contributed by atoms with E-state index >= 15 is 0 Å². The molecule has 108 valence electrons. The summed E-state index contributed by atoms with van der Waals surface area (Å²) in [4.78, 5) is 0. The van der Waals surface area contributed by atoms with Gasteiger partial charge in [-0.15, -0.1) is 0 Å². The molecular formula is C18H19NO2. The molecule has 21 heavy (non-hydrogen) atoms. The van der Waals surface area contributed by atoms with Crippen LogP contribution in [-0.4, -0.2) is 5.11 Å². The minimum absolute atomic E-state index is 0.0912. The number of benzene rings is 2. The van der Waals surface area contributed by atoms with Gasteiger partial charge in [0.05, 0.1) is 6.61 Å². The zero-order valence-electron chi connectivity index (χ0n) is 12.1. The third-order valence-corrected chi connectivity index (χ3v) is 3.74. The van der Waals surface area contributed by atoms with Crippen molar-refractivity contribution in [1.29, 1.82) is 0 Å². The Hall–Kier alpha value is -2.10. The highest BCUT2D eigenvalue weighted by Crippen LogP contribution is 2.24. The molecule has 0 saturated heterocycles. The lowest BCUT2D eigenvalue weighted by Gasteiger charge is -2.05. The van der Waals surface area contributed by atoms with Gasteiger partial charge in [-0.25, -0.2) is 0 Å². The molecule has 0 saturated carbocycles. The van der Waals surface area contributed by atoms with E-state index in [1.807, 2.05) is 49.4 Å². The molecule has 3 rings (SSSR count). The summed E-state index contributed by atoms with van der Waals surface area (Å²) in [5, 5.41) is 13.7. The van der Waals surface area contributed by atoms with Crippen LogP contribution in [0.25, 0.3) is 11.0 Å². The fraction of sp³-hybridized carbons (Fsp3) is 0.222. The van der Waals surface area contributed by atoms with Crippen molar-refractivity contribution in [3.63, 3.8) is 0 Å². The molecule has 2 N–H and O–H groups in total. The molecular weight excluding hydrogens is 262 g/mol. The topological polar surface area (TPSA) is 45.4 Å². The van der Waals surface area contributed by atoms with Crippen LogP contribution in [0.5, 0.6) is 0 Å². The van der Waals surface area contributed by atoms with Crippen LogP contribution in [0.15, 0.2) is 52.9 Å². The van der Waals surface area contributed by atoms with Crippen molar-refractivity contribution in [1.82, 2.24) is 5.32 Å². The van der Waals surface area contributed by atoms with E-state index in [1.165, 1.54) is 16.5 Å². The van der Waals surface area contributed by atoms with Crippen molar-refractivity contribution in [2.75, 3.05) is 0 Å². The van der Waals surface area contributed by atoms with Crippen molar-refractivity contribution in [2.45, 2.75) is 26.6 Å². The van der Waals surface area contributed by atoms with E-state index in [0.29, 0.717) is 0 Å². The summed E-state index contributed by atoms with van der Waals surface area (Å²) in [7, 11) is 0. The molecule has 2 aromatic carbocycles. The van der Waals surface area contributed by atoms with Gasteiger partial charge < -0.3 is 14.8 Å². The van der Waals surface area contributed by atoms with Crippen molar-refractivity contribution in [3.05, 3.63) is 71.0 Å². The largest absolute Gasteiger partial charge is 0.461 e. The first kappa shape index (κ1) is 13.9. The zero-order chi connectivity index (χ0) is 14.7. The van der Waals surface area contributed by atoms with Crippen molar-refractivity contribution in [2.24, 2.45) is 0 Å². The Morgan fingerprint density at radius 3 is 2.43 bits per heavy atom. The molecule has 3 heteroatoms. The maximum atomic E-state index is 9.03. The second-order valence-electron chi connectivity index (χ2n) is 5.21. The summed E-state index contributed by atoms with van der Waals surface area (Å²) in [6, 6.07) is 16.1. The molecule has 0 unspecified atom stereocenters. The predicted molar refractivity (Wildman–Crippen MR) is 83.9 cm³/mol. The predicted octanol–water partition coefficient (Wildman–Crippen LogP) is 3.52. The second-order valence-corrected chi connectivity index (χ2v) is 5.21. The van der Waals surface area contributed by atoms with Gasteiger partial charge in [0.15, 0.2) is 0 Å². The van der Waals surface area contributed by atoms with Crippen molar-refractivity contribution < 1.29 is 9.52 Å². The lowest BCUT2D eigenvalue weighted by atomic mass is 10.1. The number of rotatable bonds is 5. The first-order chi connectivity index (χ1) is 10.3. The van der Waals surface area contributed by atoms with Crippen LogP contribution in [-0.2, 0) is 19.7 Å². The Balaban J connectivity index is 1.67. The van der Waals surface area contributed by atoms with Gasteiger partial charge in [0, 0.05) is 24.0 Å². The van der Waals surface area contributed by atoms with Crippen LogP contribution in [0.2, 0.25) is 0 Å². The van der Waals surface area contributed by atoms with Gasteiger partial charge in [0.25, 0.3) is 0 Å². The van der Waals surface area contributed by atoms with Gasteiger partial charge in [0.1, 0.15) is 11.3 Å². The minimum atomic E-state index is 0.0912. The number of nitrogens with one attached hydrogen (secondary N) is 1. The van der Waals surface area contributed by atoms with E-state index in [1.54, 1.807) is 0 Å². The fourth-order valence-electron chi connectivity index (χ4n) is 2.54. The standard InChI is InChI=1S/C18H19NO2/c1-13-17(16-4-2-3-5-18(16)21-13)11-19-10-14-6-8-15(12-20)9-7-14/h2-9,19-20H,10-12H2,1H3. The van der Waals surface area contributed by atoms with E-state index in [4.69, 9.17) is 9.52 Å². The molecule has 0 radical (unpaired) electrons. The normalized spacial score (nSPS) is 11.1. The quantitative estimate of drug-likeness (QED) is 0.752. The Kier molecular flexibility index (Phi) is 4.04. The Morgan fingerprint density at radius 2 is 1.67 bits per heavy atom. The number of hydrogen-bond acceptors (Lipinski definition) is 3. The van der Waals surface area contributed by atoms with Gasteiger partial charge in [-0.2, -0.15) is 0 Å². The first-order valence-corrected chi connectivity index (χ1v) is 7.14. The van der Waals surface area contributed by atoms with E-state index in [0.717, 1.165) is 30.0 Å². The second kappa shape index (κ2) is 6.12. The van der Waals surface area contributed by atoms with Crippen LogP contribution < -0.4 is 5.32 Å². The summed E-state index contributed by atoms with van der Waals surface area (Å²) >= 11 is 0. The van der Waals surface area contributed by atoms with Gasteiger partial charge in [-0.1, -0.05) is 42.5 Å². The number of aryl methyl sites for hydroxylation is 1. The van der Waals surface area contributed by atoms with Crippen molar-refractivity contribution >= 4 is 11.0 Å². The molecule has 0 aliphatic heterocycles. The average Bonchev–Trinajstić information content (AvgIpc) is 2.84. The molecule has 0 aliphatic carbocycles. The zero-order valence-corrected chi connectivity index (χ0v) is 12.1. The maximum Gasteiger partial charge on any atom is 0.134 e. The number of furan rings is 1. The highest BCUT2D eigenvalue weighted by Gasteiger charge is 2.09. The lowest BCUT2D eigenvalue weighted by Crippen LogP contribution is -2.13. The SMILES string of the molecule is Cc1oc2ccccc2c1CNCc1ccc(CO)cc1. The Bertz CT molecular complexity index is 729. The molecule has 0 aliphatic rings. The van der Waals surface area contributed by atoms with E-state index < -0.39 is 0 Å². The summed E-state index contributed by atoms with van der Waals surface area (Å²) < 4.78 is 5.76. The highest BCUT2D eigenvalue weighted by molar-refractivity contribution is 5.82. The molecule has 0 bridgehead atoms. The number of aliphatic hydroxyl groups excluding tert-OH is 1. The summed E-state index contributed by atoms with van der Waals surface area (Å²) in [5.74, 6) is 0.972. The van der Waals surface area contributed by atoms with Gasteiger partial charge in [0.2, 0.25) is 0 Å². The molecule has 0 fully saturated rings. The number of para-hydroxylation sites is 1. The fourth-order valence-corrected chi connectivity index (χ4v) is 2.54. The van der Waals surface area contributed by atoms with Crippen LogP contribution >= 0.6 is 0 Å². The first-order valence-electron chi connectivity index (χ1n) is 7.14. The molecule has 1 heterocycles. The molecule has 3 aromatic rings. The third-order valence-electron chi connectivity index (χ3n) is 3.74. The lowest BCUT2D eigenvalue weighted by molar-refractivity contribution is 0.282. The van der Waals surface area contributed by atoms with Gasteiger partial charge in [-0.3, -0.25) is 0 Å². The highest BCUT2D eigenvalue weighted by atomic mass is 16.3. The van der Waals surface area contributed by atoms with E-state index in [-0.39, 0.29) is 6.61 Å². The summed E-state index contributed by atoms with van der Waals surface area (Å²) in [6.45, 7) is 3.68. The minimum Gasteiger partial charge on any atom is -0.461 e. The van der Waals surface area contributed by atoms with Crippen LogP contribution in [0, 0.1) is 6.92 Å². The third kappa shape index (κ3) is 2.99. The summed E-state index contributed by atoms with van der Waals surface area (Å²) in [6.07, 6.45) is 0. The molecule has 0 spiro atoms. The number of aliphatic hydroxyl groups is 1. The Labute approximate surface area is 124 Å². The van der Waals surface area contributed by atoms with Gasteiger partial charge in [-0.05, 0) is 24.1 Å². The van der Waals surface area contributed by atoms with E-state index in [9.17, 15) is 0 Å². The van der Waals surface area contributed by atoms with E-state index in [2.05, 4.69) is 11.4 Å². The molecule has 0 atom stereocenters. The maximum absolute atomic E-state index is 9.03. The number of fused-ring (bicyclic) bond motifs is 1. The molecule has 3 nitrogen and oxygen atoms in total. The summed E-state index contributed by atoms with van der Waals surface area (Å²) in [5.41, 5.74) is 4.31. The van der Waals surface area contributed by atoms with Crippen LogP contribution in [0.4, 0.5) is 0 Å². The molecule has 0 amide bonds. The Morgan fingerprint density at radius 1 is 0.952 bits per heavy atom. The van der Waals surface area contributed by atoms with Crippen LogP contribution in [0.3, 0.4) is 0 Å².